The number of carbonyl (C=O) groups is 2. The zero-order valence-corrected chi connectivity index (χ0v) is 17.0. The highest BCUT2D eigenvalue weighted by atomic mass is 16.5. The van der Waals surface area contributed by atoms with Crippen LogP contribution in [-0.4, -0.2) is 51.1 Å². The molecule has 3 rings (SSSR count). The lowest BCUT2D eigenvalue weighted by molar-refractivity contribution is -0.146. The van der Waals surface area contributed by atoms with E-state index in [0.717, 1.165) is 22.4 Å². The number of nitrogens with zero attached hydrogens (tertiary/aromatic N) is 1. The first kappa shape index (κ1) is 20.5. The smallest absolute Gasteiger partial charge is 0.312 e. The number of rotatable bonds is 6. The van der Waals surface area contributed by atoms with Gasteiger partial charge in [0.2, 0.25) is 0 Å². The van der Waals surface area contributed by atoms with E-state index in [0.29, 0.717) is 44.0 Å². The van der Waals surface area contributed by atoms with Gasteiger partial charge in [0, 0.05) is 19.6 Å². The van der Waals surface area contributed by atoms with Crippen molar-refractivity contribution in [3.05, 3.63) is 53.1 Å². The summed E-state index contributed by atoms with van der Waals surface area (Å²) < 4.78 is 15.8. The summed E-state index contributed by atoms with van der Waals surface area (Å²) in [6, 6.07) is 11.4. The van der Waals surface area contributed by atoms with Gasteiger partial charge in [0.05, 0.1) is 21.3 Å². The number of nitrogens with one attached hydrogen (secondary N) is 1. The minimum atomic E-state index is -0.581. The molecule has 0 saturated carbocycles. The Morgan fingerprint density at radius 2 is 1.62 bits per heavy atom. The quantitative estimate of drug-likeness (QED) is 0.753. The van der Waals surface area contributed by atoms with Gasteiger partial charge in [0.15, 0.2) is 11.5 Å². The second-order valence-corrected chi connectivity index (χ2v) is 6.81. The van der Waals surface area contributed by atoms with E-state index in [9.17, 15) is 9.59 Å². The fourth-order valence-corrected chi connectivity index (χ4v) is 3.39. The monoisotopic (exact) mass is 398 g/mol. The van der Waals surface area contributed by atoms with E-state index in [2.05, 4.69) is 5.32 Å². The van der Waals surface area contributed by atoms with Crippen LogP contribution in [0.15, 0.2) is 36.4 Å². The van der Waals surface area contributed by atoms with Gasteiger partial charge in [-0.1, -0.05) is 12.1 Å². The average Bonchev–Trinajstić information content (AvgIpc) is 2.77. The molecule has 29 heavy (non-hydrogen) atoms. The number of amides is 2. The van der Waals surface area contributed by atoms with Crippen molar-refractivity contribution >= 4 is 11.8 Å². The molecule has 2 aromatic rings. The van der Waals surface area contributed by atoms with Crippen molar-refractivity contribution in [1.82, 2.24) is 10.2 Å². The number of hydrogen-bond acceptors (Lipinski definition) is 5. The number of hydrogen-bond donors (Lipinski definition) is 1. The van der Waals surface area contributed by atoms with E-state index in [1.54, 1.807) is 26.2 Å². The van der Waals surface area contributed by atoms with Crippen molar-refractivity contribution in [3.8, 4) is 17.2 Å². The van der Waals surface area contributed by atoms with Crippen LogP contribution in [-0.2, 0) is 29.0 Å². The third-order valence-corrected chi connectivity index (χ3v) is 5.06. The topological polar surface area (TPSA) is 77.1 Å². The molecule has 154 valence electrons. The van der Waals surface area contributed by atoms with Gasteiger partial charge in [-0.2, -0.15) is 0 Å². The van der Waals surface area contributed by atoms with Gasteiger partial charge in [-0.05, 0) is 53.8 Å². The molecular weight excluding hydrogens is 372 g/mol. The normalized spacial score (nSPS) is 12.7. The van der Waals surface area contributed by atoms with Crippen LogP contribution >= 0.6 is 0 Å². The highest BCUT2D eigenvalue weighted by Gasteiger charge is 2.26. The molecule has 1 aliphatic rings. The van der Waals surface area contributed by atoms with Crippen molar-refractivity contribution in [2.24, 2.45) is 0 Å². The molecule has 0 saturated heterocycles. The minimum absolute atomic E-state index is 0.375. The standard InChI is InChI=1S/C22H26N2O5/c1-27-18-6-4-15(5-7-18)8-10-23-21(25)22(26)24-11-9-16-12-19(28-2)20(29-3)13-17(16)14-24/h4-7,12-13H,8-11,14H2,1-3H3,(H,23,25). The first-order chi connectivity index (χ1) is 14.0. The lowest BCUT2D eigenvalue weighted by Gasteiger charge is -2.29. The fraction of sp³-hybridized carbons (Fsp3) is 0.364. The Morgan fingerprint density at radius 3 is 2.24 bits per heavy atom. The van der Waals surface area contributed by atoms with Gasteiger partial charge in [-0.3, -0.25) is 9.59 Å². The third-order valence-electron chi connectivity index (χ3n) is 5.06. The number of benzene rings is 2. The summed E-state index contributed by atoms with van der Waals surface area (Å²) in [5.74, 6) is 0.974. The molecule has 0 aromatic heterocycles. The van der Waals surface area contributed by atoms with Gasteiger partial charge in [-0.15, -0.1) is 0 Å². The van der Waals surface area contributed by atoms with Crippen LogP contribution in [0, 0.1) is 0 Å². The molecule has 1 N–H and O–H groups in total. The Kier molecular flexibility index (Phi) is 6.59. The average molecular weight is 398 g/mol. The van der Waals surface area contributed by atoms with Gasteiger partial charge < -0.3 is 24.4 Å². The summed E-state index contributed by atoms with van der Waals surface area (Å²) in [5.41, 5.74) is 3.13. The number of methoxy groups -OCH3 is 3. The predicted molar refractivity (Wildman–Crippen MR) is 108 cm³/mol. The number of ether oxygens (including phenoxy) is 3. The summed E-state index contributed by atoms with van der Waals surface area (Å²) in [6.45, 7) is 1.26. The molecule has 0 fully saturated rings. The molecule has 1 heterocycles. The maximum Gasteiger partial charge on any atom is 0.312 e. The van der Waals surface area contributed by atoms with Gasteiger partial charge in [0.1, 0.15) is 5.75 Å². The highest BCUT2D eigenvalue weighted by molar-refractivity contribution is 6.35. The molecule has 7 heteroatoms. The maximum absolute atomic E-state index is 12.6. The largest absolute Gasteiger partial charge is 0.497 e. The molecule has 0 unspecified atom stereocenters. The molecule has 7 nitrogen and oxygen atoms in total. The van der Waals surface area contributed by atoms with E-state index in [4.69, 9.17) is 14.2 Å². The Balaban J connectivity index is 1.55. The van der Waals surface area contributed by atoms with Gasteiger partial charge >= 0.3 is 11.8 Å². The lowest BCUT2D eigenvalue weighted by Crippen LogP contribution is -2.45. The molecule has 0 radical (unpaired) electrons. The maximum atomic E-state index is 12.6. The molecule has 0 bridgehead atoms. The van der Waals surface area contributed by atoms with Gasteiger partial charge in [0.25, 0.3) is 0 Å². The van der Waals surface area contributed by atoms with E-state index >= 15 is 0 Å². The molecule has 2 amide bonds. The summed E-state index contributed by atoms with van der Waals surface area (Å²) in [7, 11) is 4.79. The van der Waals surface area contributed by atoms with Crippen LogP contribution in [0.5, 0.6) is 17.2 Å². The van der Waals surface area contributed by atoms with Crippen LogP contribution in [0.2, 0.25) is 0 Å². The molecule has 2 aromatic carbocycles. The minimum Gasteiger partial charge on any atom is -0.497 e. The van der Waals surface area contributed by atoms with Crippen molar-refractivity contribution in [2.75, 3.05) is 34.4 Å². The molecule has 1 aliphatic heterocycles. The first-order valence-corrected chi connectivity index (χ1v) is 9.49. The van der Waals surface area contributed by atoms with Crippen LogP contribution in [0.1, 0.15) is 16.7 Å². The van der Waals surface area contributed by atoms with Crippen molar-refractivity contribution in [3.63, 3.8) is 0 Å². The van der Waals surface area contributed by atoms with E-state index in [-0.39, 0.29) is 0 Å². The van der Waals surface area contributed by atoms with Crippen molar-refractivity contribution in [2.45, 2.75) is 19.4 Å². The van der Waals surface area contributed by atoms with Crippen LogP contribution in [0.4, 0.5) is 0 Å². The van der Waals surface area contributed by atoms with Crippen LogP contribution < -0.4 is 19.5 Å². The molecule has 0 spiro atoms. The van der Waals surface area contributed by atoms with E-state index in [1.807, 2.05) is 36.4 Å². The fourth-order valence-electron chi connectivity index (χ4n) is 3.39. The summed E-state index contributed by atoms with van der Waals surface area (Å²) in [4.78, 5) is 26.4. The molecular formula is C22H26N2O5. The Morgan fingerprint density at radius 1 is 0.966 bits per heavy atom. The van der Waals surface area contributed by atoms with Crippen molar-refractivity contribution < 1.29 is 23.8 Å². The van der Waals surface area contributed by atoms with Crippen LogP contribution in [0.25, 0.3) is 0 Å². The molecule has 0 aliphatic carbocycles. The number of carbonyl (C=O) groups excluding carboxylic acids is 2. The van der Waals surface area contributed by atoms with Crippen molar-refractivity contribution in [1.29, 1.82) is 0 Å². The predicted octanol–water partition coefficient (Wildman–Crippen LogP) is 1.96. The Bertz CT molecular complexity index is 880. The highest BCUT2D eigenvalue weighted by Crippen LogP contribution is 2.33. The number of fused-ring (bicyclic) bond motifs is 1. The molecule has 0 atom stereocenters. The van der Waals surface area contributed by atoms with Gasteiger partial charge in [-0.25, -0.2) is 0 Å². The zero-order chi connectivity index (χ0) is 20.8. The summed E-state index contributed by atoms with van der Waals surface area (Å²) in [5, 5.41) is 2.72. The third kappa shape index (κ3) is 4.80. The summed E-state index contributed by atoms with van der Waals surface area (Å²) in [6.07, 6.45) is 1.31. The van der Waals surface area contributed by atoms with E-state index in [1.165, 1.54) is 0 Å². The zero-order valence-electron chi connectivity index (χ0n) is 17.0. The van der Waals surface area contributed by atoms with Crippen LogP contribution in [0.3, 0.4) is 0 Å². The SMILES string of the molecule is COc1ccc(CCNC(=O)C(=O)N2CCc3cc(OC)c(OC)cc3C2)cc1. The van der Waals surface area contributed by atoms with E-state index < -0.39 is 11.8 Å². The lowest BCUT2D eigenvalue weighted by atomic mass is 9.98. The second kappa shape index (κ2) is 9.32. The first-order valence-electron chi connectivity index (χ1n) is 9.49. The second-order valence-electron chi connectivity index (χ2n) is 6.81. The Hall–Kier alpha value is -3.22. The summed E-state index contributed by atoms with van der Waals surface area (Å²) >= 11 is 0. The Labute approximate surface area is 170 Å².